The summed E-state index contributed by atoms with van der Waals surface area (Å²) in [5.41, 5.74) is 1.67. The molecule has 2 aromatic carbocycles. The highest BCUT2D eigenvalue weighted by molar-refractivity contribution is 6.00. The Kier molecular flexibility index (Phi) is 4.88. The van der Waals surface area contributed by atoms with E-state index in [0.717, 1.165) is 0 Å². The largest absolute Gasteiger partial charge is 0.352 e. The number of nitrogens with zero attached hydrogens (tertiary/aromatic N) is 2. The summed E-state index contributed by atoms with van der Waals surface area (Å²) in [6, 6.07) is 12.9. The van der Waals surface area contributed by atoms with Crippen molar-refractivity contribution in [2.75, 3.05) is 6.54 Å². The van der Waals surface area contributed by atoms with Gasteiger partial charge < -0.3 is 9.84 Å². The SMILES string of the molecule is CC(C)CNC(=O)c1ccccc1-c1nc(-c2ccc(F)cc2)no1. The normalized spacial score (nSPS) is 10.9. The highest BCUT2D eigenvalue weighted by atomic mass is 19.1. The van der Waals surface area contributed by atoms with Gasteiger partial charge in [0.1, 0.15) is 5.82 Å². The lowest BCUT2D eigenvalue weighted by atomic mass is 10.1. The fraction of sp³-hybridized carbons (Fsp3) is 0.211. The Bertz CT molecular complexity index is 872. The van der Waals surface area contributed by atoms with Crippen LogP contribution in [0.25, 0.3) is 22.8 Å². The van der Waals surface area contributed by atoms with E-state index in [2.05, 4.69) is 15.5 Å². The topological polar surface area (TPSA) is 68.0 Å². The molecule has 0 radical (unpaired) electrons. The monoisotopic (exact) mass is 339 g/mol. The van der Waals surface area contributed by atoms with Crippen molar-refractivity contribution >= 4 is 5.91 Å². The zero-order chi connectivity index (χ0) is 17.8. The van der Waals surface area contributed by atoms with E-state index in [-0.39, 0.29) is 17.6 Å². The lowest BCUT2D eigenvalue weighted by Crippen LogP contribution is -2.27. The molecule has 0 unspecified atom stereocenters. The van der Waals surface area contributed by atoms with Crippen LogP contribution in [0.2, 0.25) is 0 Å². The molecule has 0 aliphatic heterocycles. The van der Waals surface area contributed by atoms with Crippen molar-refractivity contribution in [2.45, 2.75) is 13.8 Å². The van der Waals surface area contributed by atoms with Gasteiger partial charge in [-0.15, -0.1) is 0 Å². The quantitative estimate of drug-likeness (QED) is 0.765. The summed E-state index contributed by atoms with van der Waals surface area (Å²) in [6.07, 6.45) is 0. The van der Waals surface area contributed by atoms with E-state index in [0.29, 0.717) is 35.0 Å². The van der Waals surface area contributed by atoms with Gasteiger partial charge >= 0.3 is 0 Å². The summed E-state index contributed by atoms with van der Waals surface area (Å²) < 4.78 is 18.4. The van der Waals surface area contributed by atoms with Crippen LogP contribution in [0.3, 0.4) is 0 Å². The number of rotatable bonds is 5. The van der Waals surface area contributed by atoms with Crippen LogP contribution in [0.15, 0.2) is 53.1 Å². The van der Waals surface area contributed by atoms with E-state index in [1.807, 2.05) is 13.8 Å². The number of amides is 1. The van der Waals surface area contributed by atoms with Crippen molar-refractivity contribution in [1.29, 1.82) is 0 Å². The molecule has 25 heavy (non-hydrogen) atoms. The number of nitrogens with one attached hydrogen (secondary N) is 1. The standard InChI is InChI=1S/C19H18FN3O2/c1-12(2)11-21-18(24)15-5-3-4-6-16(15)19-22-17(23-25-19)13-7-9-14(20)10-8-13/h3-10,12H,11H2,1-2H3,(H,21,24). The van der Waals surface area contributed by atoms with Gasteiger partial charge in [-0.3, -0.25) is 4.79 Å². The molecule has 5 nitrogen and oxygen atoms in total. The van der Waals surface area contributed by atoms with Crippen molar-refractivity contribution in [3.8, 4) is 22.8 Å². The predicted octanol–water partition coefficient (Wildman–Crippen LogP) is 3.93. The molecule has 1 heterocycles. The summed E-state index contributed by atoms with van der Waals surface area (Å²) in [7, 11) is 0. The lowest BCUT2D eigenvalue weighted by Gasteiger charge is -2.09. The Hall–Kier alpha value is -3.02. The van der Waals surface area contributed by atoms with Gasteiger partial charge in [0.15, 0.2) is 0 Å². The maximum absolute atomic E-state index is 13.0. The van der Waals surface area contributed by atoms with Gasteiger partial charge in [-0.1, -0.05) is 31.1 Å². The second-order valence-corrected chi connectivity index (χ2v) is 6.08. The Balaban J connectivity index is 1.90. The van der Waals surface area contributed by atoms with E-state index >= 15 is 0 Å². The third kappa shape index (κ3) is 3.91. The Labute approximate surface area is 144 Å². The Morgan fingerprint density at radius 1 is 1.16 bits per heavy atom. The van der Waals surface area contributed by atoms with Gasteiger partial charge in [0.25, 0.3) is 11.8 Å². The average Bonchev–Trinajstić information content (AvgIpc) is 3.10. The minimum atomic E-state index is -0.334. The van der Waals surface area contributed by atoms with E-state index in [4.69, 9.17) is 4.52 Å². The molecular formula is C19H18FN3O2. The molecule has 0 fully saturated rings. The van der Waals surface area contributed by atoms with Crippen molar-refractivity contribution in [2.24, 2.45) is 5.92 Å². The van der Waals surface area contributed by atoms with Crippen molar-refractivity contribution in [1.82, 2.24) is 15.5 Å². The first-order valence-electron chi connectivity index (χ1n) is 8.02. The highest BCUT2D eigenvalue weighted by Crippen LogP contribution is 2.25. The second kappa shape index (κ2) is 7.25. The van der Waals surface area contributed by atoms with Crippen molar-refractivity contribution in [3.63, 3.8) is 0 Å². The molecule has 0 aliphatic carbocycles. The van der Waals surface area contributed by atoms with Gasteiger partial charge in [-0.25, -0.2) is 4.39 Å². The summed E-state index contributed by atoms with van der Waals surface area (Å²) in [6.45, 7) is 4.64. The van der Waals surface area contributed by atoms with Crippen LogP contribution in [0.4, 0.5) is 4.39 Å². The van der Waals surface area contributed by atoms with Gasteiger partial charge in [0.05, 0.1) is 11.1 Å². The number of hydrogen-bond donors (Lipinski definition) is 1. The van der Waals surface area contributed by atoms with Crippen LogP contribution < -0.4 is 5.32 Å². The van der Waals surface area contributed by atoms with E-state index in [1.54, 1.807) is 36.4 Å². The van der Waals surface area contributed by atoms with Crippen LogP contribution in [-0.4, -0.2) is 22.6 Å². The number of carbonyl (C=O) groups excluding carboxylic acids is 1. The van der Waals surface area contributed by atoms with Crippen LogP contribution in [0.5, 0.6) is 0 Å². The van der Waals surface area contributed by atoms with Gasteiger partial charge in [-0.05, 0) is 42.3 Å². The minimum Gasteiger partial charge on any atom is -0.352 e. The zero-order valence-electron chi connectivity index (χ0n) is 14.0. The first kappa shape index (κ1) is 16.8. The molecule has 0 saturated carbocycles. The molecule has 0 aliphatic rings. The molecule has 1 amide bonds. The van der Waals surface area contributed by atoms with Gasteiger partial charge in [0, 0.05) is 12.1 Å². The number of halogens is 1. The number of benzene rings is 2. The molecular weight excluding hydrogens is 321 g/mol. The van der Waals surface area contributed by atoms with Gasteiger partial charge in [-0.2, -0.15) is 4.98 Å². The summed E-state index contributed by atoms with van der Waals surface area (Å²) in [5.74, 6) is 0.414. The molecule has 3 aromatic rings. The van der Waals surface area contributed by atoms with E-state index in [9.17, 15) is 9.18 Å². The molecule has 6 heteroatoms. The molecule has 1 aromatic heterocycles. The van der Waals surface area contributed by atoms with Crippen LogP contribution in [0.1, 0.15) is 24.2 Å². The highest BCUT2D eigenvalue weighted by Gasteiger charge is 2.18. The Morgan fingerprint density at radius 2 is 1.88 bits per heavy atom. The first-order chi connectivity index (χ1) is 12.0. The predicted molar refractivity (Wildman–Crippen MR) is 92.3 cm³/mol. The van der Waals surface area contributed by atoms with Crippen LogP contribution in [0, 0.1) is 11.7 Å². The summed E-state index contributed by atoms with van der Waals surface area (Å²) in [5, 5.41) is 6.81. The smallest absolute Gasteiger partial charge is 0.259 e. The maximum Gasteiger partial charge on any atom is 0.259 e. The summed E-state index contributed by atoms with van der Waals surface area (Å²) >= 11 is 0. The van der Waals surface area contributed by atoms with Crippen molar-refractivity contribution < 1.29 is 13.7 Å². The Morgan fingerprint density at radius 3 is 2.60 bits per heavy atom. The molecule has 128 valence electrons. The number of aromatic nitrogens is 2. The number of carbonyl (C=O) groups is 1. The van der Waals surface area contributed by atoms with E-state index < -0.39 is 0 Å². The fourth-order valence-electron chi connectivity index (χ4n) is 2.31. The first-order valence-corrected chi connectivity index (χ1v) is 8.02. The third-order valence-corrected chi connectivity index (χ3v) is 3.60. The average molecular weight is 339 g/mol. The second-order valence-electron chi connectivity index (χ2n) is 6.08. The van der Waals surface area contributed by atoms with Gasteiger partial charge in [0.2, 0.25) is 5.82 Å². The zero-order valence-corrected chi connectivity index (χ0v) is 14.0. The van der Waals surface area contributed by atoms with Crippen molar-refractivity contribution in [3.05, 3.63) is 59.9 Å². The summed E-state index contributed by atoms with van der Waals surface area (Å²) in [4.78, 5) is 16.8. The van der Waals surface area contributed by atoms with E-state index in [1.165, 1.54) is 12.1 Å². The maximum atomic E-state index is 13.0. The lowest BCUT2D eigenvalue weighted by molar-refractivity contribution is 0.0949. The minimum absolute atomic E-state index is 0.189. The molecule has 0 saturated heterocycles. The molecule has 1 N–H and O–H groups in total. The fourth-order valence-corrected chi connectivity index (χ4v) is 2.31. The van der Waals surface area contributed by atoms with Crippen LogP contribution >= 0.6 is 0 Å². The molecule has 0 atom stereocenters. The third-order valence-electron chi connectivity index (χ3n) is 3.60. The number of hydrogen-bond acceptors (Lipinski definition) is 4. The molecule has 0 spiro atoms. The van der Waals surface area contributed by atoms with Crippen LogP contribution in [-0.2, 0) is 0 Å². The molecule has 3 rings (SSSR count). The molecule has 0 bridgehead atoms.